The Morgan fingerprint density at radius 1 is 1.03 bits per heavy atom. The molecular weight excluding hydrogens is 420 g/mol. The van der Waals surface area contributed by atoms with Crippen LogP contribution in [0, 0.1) is 0 Å². The van der Waals surface area contributed by atoms with E-state index in [0.29, 0.717) is 0 Å². The summed E-state index contributed by atoms with van der Waals surface area (Å²) in [5.41, 5.74) is 3.86. The van der Waals surface area contributed by atoms with Crippen LogP contribution >= 0.6 is 0 Å². The molecule has 32 heavy (non-hydrogen) atoms. The highest BCUT2D eigenvalue weighted by molar-refractivity contribution is 5.99. The Kier molecular flexibility index (Phi) is 5.81. The Morgan fingerprint density at radius 3 is 2.28 bits per heavy atom. The van der Waals surface area contributed by atoms with Gasteiger partial charge in [-0.25, -0.2) is 14.2 Å². The topological polar surface area (TPSA) is 164 Å². The summed E-state index contributed by atoms with van der Waals surface area (Å²) >= 11 is 0. The van der Waals surface area contributed by atoms with Crippen molar-refractivity contribution >= 4 is 23.8 Å². The summed E-state index contributed by atoms with van der Waals surface area (Å²) in [6, 6.07) is 15.7. The molecule has 1 aliphatic rings. The Hall–Kier alpha value is -4.25. The number of carbonyl (C=O) groups excluding carboxylic acids is 2. The van der Waals surface area contributed by atoms with Gasteiger partial charge in [-0.2, -0.15) is 0 Å². The number of rotatable bonds is 7. The first-order chi connectivity index (χ1) is 15.5. The minimum Gasteiger partial charge on any atom is -0.479 e. The second kappa shape index (κ2) is 8.86. The van der Waals surface area contributed by atoms with Crippen molar-refractivity contribution in [3.63, 3.8) is 0 Å². The van der Waals surface area contributed by atoms with Gasteiger partial charge in [0.2, 0.25) is 11.5 Å². The quantitative estimate of drug-likeness (QED) is 0.429. The average Bonchev–Trinajstić information content (AvgIpc) is 3.38. The number of ether oxygens (including phenoxy) is 1. The summed E-state index contributed by atoms with van der Waals surface area (Å²) in [6.07, 6.45) is -2.67. The summed E-state index contributed by atoms with van der Waals surface area (Å²) in [6.45, 7) is -0.511. The second-order valence-electron chi connectivity index (χ2n) is 6.98. The van der Waals surface area contributed by atoms with Crippen LogP contribution in [0.1, 0.15) is 27.5 Å². The van der Waals surface area contributed by atoms with Gasteiger partial charge in [-0.3, -0.25) is 10.1 Å². The smallest absolute Gasteiger partial charge is 0.412 e. The van der Waals surface area contributed by atoms with Crippen molar-refractivity contribution in [1.29, 1.82) is 0 Å². The number of nitrogens with one attached hydrogen (secondary N) is 2. The van der Waals surface area contributed by atoms with Gasteiger partial charge in [0.25, 0.3) is 5.91 Å². The number of nitrogens with zero attached hydrogens (tertiary/aromatic N) is 2. The predicted molar refractivity (Wildman–Crippen MR) is 109 cm³/mol. The number of carboxylic acid groups (broad SMARTS) is 1. The van der Waals surface area contributed by atoms with Gasteiger partial charge in [0.05, 0.1) is 6.54 Å². The van der Waals surface area contributed by atoms with Crippen LogP contribution in [0.25, 0.3) is 11.1 Å². The fraction of sp³-hybridized carbons (Fsp3) is 0.190. The number of aliphatic carboxylic acids is 1. The predicted octanol–water partition coefficient (Wildman–Crippen LogP) is 1.61. The van der Waals surface area contributed by atoms with Gasteiger partial charge in [-0.15, -0.1) is 0 Å². The normalized spacial score (nSPS) is 13.0. The zero-order valence-corrected chi connectivity index (χ0v) is 16.5. The lowest BCUT2D eigenvalue weighted by Gasteiger charge is -2.14. The largest absolute Gasteiger partial charge is 0.479 e. The number of fused-ring (bicyclic) bond motifs is 3. The second-order valence-corrected chi connectivity index (χ2v) is 6.98. The van der Waals surface area contributed by atoms with Gasteiger partial charge in [-0.1, -0.05) is 48.5 Å². The van der Waals surface area contributed by atoms with E-state index in [0.717, 1.165) is 22.3 Å². The summed E-state index contributed by atoms with van der Waals surface area (Å²) in [4.78, 5) is 35.1. The summed E-state index contributed by atoms with van der Waals surface area (Å²) in [7, 11) is 0. The molecule has 2 amide bonds. The molecule has 4 N–H and O–H groups in total. The highest BCUT2D eigenvalue weighted by Crippen LogP contribution is 2.44. The molecule has 0 unspecified atom stereocenters. The van der Waals surface area contributed by atoms with Gasteiger partial charge in [-0.05, 0) is 32.6 Å². The third-order valence-electron chi connectivity index (χ3n) is 5.01. The Balaban J connectivity index is 1.39. The van der Waals surface area contributed by atoms with E-state index in [2.05, 4.69) is 25.6 Å². The van der Waals surface area contributed by atoms with Gasteiger partial charge in [0.15, 0.2) is 6.10 Å². The zero-order chi connectivity index (χ0) is 22.7. The zero-order valence-electron chi connectivity index (χ0n) is 16.5. The van der Waals surface area contributed by atoms with Crippen molar-refractivity contribution in [3.8, 4) is 11.1 Å². The molecule has 3 aromatic rings. The number of hydrogen-bond donors (Lipinski definition) is 4. The first-order valence-corrected chi connectivity index (χ1v) is 9.59. The number of hydrogen-bond acceptors (Lipinski definition) is 8. The molecule has 0 saturated carbocycles. The molecule has 0 saturated heterocycles. The van der Waals surface area contributed by atoms with Crippen LogP contribution in [0.4, 0.5) is 10.6 Å². The molecule has 11 heteroatoms. The van der Waals surface area contributed by atoms with Crippen LogP contribution in [0.3, 0.4) is 0 Å². The molecule has 2 aromatic carbocycles. The number of aliphatic hydroxyl groups excluding tert-OH is 1. The van der Waals surface area contributed by atoms with Crippen LogP contribution in [-0.4, -0.2) is 57.8 Å². The number of carboxylic acids is 1. The van der Waals surface area contributed by atoms with Gasteiger partial charge in [0.1, 0.15) is 6.61 Å². The number of aromatic nitrogens is 2. The lowest BCUT2D eigenvalue weighted by molar-refractivity contribution is -0.146. The van der Waals surface area contributed by atoms with E-state index in [-0.39, 0.29) is 18.3 Å². The molecule has 0 spiro atoms. The van der Waals surface area contributed by atoms with E-state index >= 15 is 0 Å². The highest BCUT2D eigenvalue weighted by atomic mass is 16.6. The van der Waals surface area contributed by atoms with Crippen LogP contribution in [0.15, 0.2) is 53.2 Å². The number of aliphatic hydroxyl groups is 1. The Morgan fingerprint density at radius 2 is 1.66 bits per heavy atom. The van der Waals surface area contributed by atoms with Crippen LogP contribution < -0.4 is 10.6 Å². The molecule has 1 aromatic heterocycles. The highest BCUT2D eigenvalue weighted by Gasteiger charge is 2.29. The third-order valence-corrected chi connectivity index (χ3v) is 5.01. The fourth-order valence-electron chi connectivity index (χ4n) is 3.51. The van der Waals surface area contributed by atoms with Crippen molar-refractivity contribution in [3.05, 3.63) is 65.4 Å². The number of benzene rings is 2. The number of anilines is 1. The molecule has 11 nitrogen and oxygen atoms in total. The maximum Gasteiger partial charge on any atom is 0.412 e. The average molecular weight is 438 g/mol. The van der Waals surface area contributed by atoms with E-state index in [9.17, 15) is 19.5 Å². The maximum atomic E-state index is 12.3. The van der Waals surface area contributed by atoms with E-state index < -0.39 is 36.3 Å². The fourth-order valence-corrected chi connectivity index (χ4v) is 3.51. The minimum absolute atomic E-state index is 0.0530. The lowest BCUT2D eigenvalue weighted by Crippen LogP contribution is -2.37. The standard InChI is InChI=1S/C21H18N4O7/c26-16(20(28)29)9-22-19(27)17-18(25-32-24-17)23-21(30)31-10-15-13-7-3-1-5-11(13)12-6-2-4-8-14(12)15/h1-8,15-16,26H,9-10H2,(H,22,27)(H,28,29)(H,23,25,30)/t16-/m0/s1. The van der Waals surface area contributed by atoms with Crippen molar-refractivity contribution in [1.82, 2.24) is 15.6 Å². The molecule has 0 aliphatic heterocycles. The van der Waals surface area contributed by atoms with E-state index in [4.69, 9.17) is 9.84 Å². The Bertz CT molecular complexity index is 1130. The molecule has 1 aliphatic carbocycles. The van der Waals surface area contributed by atoms with Gasteiger partial charge >= 0.3 is 12.1 Å². The summed E-state index contributed by atoms with van der Waals surface area (Å²) < 4.78 is 9.85. The third kappa shape index (κ3) is 4.14. The molecule has 0 bridgehead atoms. The van der Waals surface area contributed by atoms with Crippen molar-refractivity contribution in [2.24, 2.45) is 0 Å². The molecule has 4 rings (SSSR count). The van der Waals surface area contributed by atoms with E-state index in [1.807, 2.05) is 48.5 Å². The van der Waals surface area contributed by atoms with E-state index in [1.165, 1.54) is 0 Å². The van der Waals surface area contributed by atoms with Crippen molar-refractivity contribution in [2.75, 3.05) is 18.5 Å². The molecule has 164 valence electrons. The van der Waals surface area contributed by atoms with Gasteiger partial charge < -0.3 is 20.3 Å². The SMILES string of the molecule is O=C(Nc1nonc1C(=O)NC[C@H](O)C(=O)O)OCC1c2ccccc2-c2ccccc21. The number of carbonyl (C=O) groups is 3. The molecule has 0 fully saturated rings. The Labute approximate surface area is 181 Å². The van der Waals surface area contributed by atoms with Crippen LogP contribution in [0.2, 0.25) is 0 Å². The monoisotopic (exact) mass is 438 g/mol. The molecule has 1 heterocycles. The summed E-state index contributed by atoms with van der Waals surface area (Å²) in [5.74, 6) is -2.84. The maximum absolute atomic E-state index is 12.3. The van der Waals surface area contributed by atoms with Crippen molar-refractivity contribution < 1.29 is 34.0 Å². The first-order valence-electron chi connectivity index (χ1n) is 9.59. The van der Waals surface area contributed by atoms with Crippen LogP contribution in [-0.2, 0) is 9.53 Å². The molecule has 0 radical (unpaired) electrons. The number of amides is 2. The lowest BCUT2D eigenvalue weighted by atomic mass is 9.98. The molecular formula is C21H18N4O7. The first kappa shape index (κ1) is 21.0. The van der Waals surface area contributed by atoms with Crippen molar-refractivity contribution in [2.45, 2.75) is 12.0 Å². The summed E-state index contributed by atoms with van der Waals surface area (Å²) in [5, 5.41) is 29.2. The van der Waals surface area contributed by atoms with Crippen LogP contribution in [0.5, 0.6) is 0 Å². The minimum atomic E-state index is -1.79. The van der Waals surface area contributed by atoms with E-state index in [1.54, 1.807) is 0 Å². The molecule has 1 atom stereocenters. The van der Waals surface area contributed by atoms with Gasteiger partial charge in [0, 0.05) is 5.92 Å².